The molecule has 0 bridgehead atoms. The van der Waals surface area contributed by atoms with Crippen molar-refractivity contribution in [2.75, 3.05) is 27.2 Å². The van der Waals surface area contributed by atoms with Crippen LogP contribution in [0.4, 0.5) is 0 Å². The molecule has 1 aromatic heterocycles. The first-order valence-electron chi connectivity index (χ1n) is 9.42. The predicted octanol–water partition coefficient (Wildman–Crippen LogP) is 4.78. The molecule has 1 aromatic carbocycles. The fourth-order valence-electron chi connectivity index (χ4n) is 2.89. The van der Waals surface area contributed by atoms with Crippen molar-refractivity contribution in [3.05, 3.63) is 47.7 Å². The highest BCUT2D eigenvalue weighted by Crippen LogP contribution is 2.32. The van der Waals surface area contributed by atoms with Crippen molar-refractivity contribution in [1.82, 2.24) is 9.88 Å². The van der Waals surface area contributed by atoms with Gasteiger partial charge >= 0.3 is 0 Å². The number of benzene rings is 1. The lowest BCUT2D eigenvalue weighted by Crippen LogP contribution is -2.19. The summed E-state index contributed by atoms with van der Waals surface area (Å²) in [5, 5.41) is 0. The van der Waals surface area contributed by atoms with Gasteiger partial charge in [0.2, 0.25) is 0 Å². The van der Waals surface area contributed by atoms with Gasteiger partial charge in [-0.25, -0.2) is 4.98 Å². The van der Waals surface area contributed by atoms with E-state index in [1.54, 1.807) is 0 Å². The van der Waals surface area contributed by atoms with E-state index in [9.17, 15) is 0 Å². The minimum Gasteiger partial charge on any atom is -0.492 e. The Kier molecular flexibility index (Phi) is 7.93. The van der Waals surface area contributed by atoms with Gasteiger partial charge in [0.1, 0.15) is 12.4 Å². The Morgan fingerprint density at radius 3 is 2.56 bits per heavy atom. The van der Waals surface area contributed by atoms with Gasteiger partial charge in [-0.3, -0.25) is 0 Å². The molecule has 2 rings (SSSR count). The highest BCUT2D eigenvalue weighted by molar-refractivity contribution is 5.67. The molecule has 0 saturated heterocycles. The average Bonchev–Trinajstić information content (AvgIpc) is 2.62. The van der Waals surface area contributed by atoms with E-state index >= 15 is 0 Å². The van der Waals surface area contributed by atoms with Crippen LogP contribution in [0.15, 0.2) is 30.3 Å². The average molecular weight is 340 g/mol. The van der Waals surface area contributed by atoms with Crippen LogP contribution in [0.5, 0.6) is 5.75 Å². The summed E-state index contributed by atoms with van der Waals surface area (Å²) in [6, 6.07) is 10.5. The first-order valence-corrected chi connectivity index (χ1v) is 9.42. The summed E-state index contributed by atoms with van der Waals surface area (Å²) < 4.78 is 6.14. The van der Waals surface area contributed by atoms with Crippen LogP contribution in [0, 0.1) is 6.20 Å². The van der Waals surface area contributed by atoms with Gasteiger partial charge in [0.15, 0.2) is 0 Å². The quantitative estimate of drug-likeness (QED) is 0.622. The number of pyridine rings is 1. The molecule has 0 fully saturated rings. The lowest BCUT2D eigenvalue weighted by molar-refractivity contribution is 0.259. The van der Waals surface area contributed by atoms with Crippen molar-refractivity contribution >= 4 is 0 Å². The largest absolute Gasteiger partial charge is 0.492 e. The number of unbranched alkanes of at least 4 members (excludes halogenated alkanes) is 1. The Morgan fingerprint density at radius 1 is 1.08 bits per heavy atom. The molecule has 0 aliphatic rings. The Hall–Kier alpha value is -1.87. The summed E-state index contributed by atoms with van der Waals surface area (Å²) in [5.41, 5.74) is 4.84. The second-order valence-corrected chi connectivity index (χ2v) is 6.77. The number of rotatable bonds is 10. The summed E-state index contributed by atoms with van der Waals surface area (Å²) in [7, 11) is 4.15. The summed E-state index contributed by atoms with van der Waals surface area (Å²) in [5.74, 6) is 1.04. The number of nitrogens with zero attached hydrogens (tertiary/aromatic N) is 2. The van der Waals surface area contributed by atoms with E-state index in [0.29, 0.717) is 6.61 Å². The van der Waals surface area contributed by atoms with Crippen LogP contribution < -0.4 is 4.74 Å². The van der Waals surface area contributed by atoms with Crippen LogP contribution in [0.1, 0.15) is 44.2 Å². The molecule has 1 radical (unpaired) electrons. The van der Waals surface area contributed by atoms with Crippen molar-refractivity contribution in [2.45, 2.75) is 46.0 Å². The fraction of sp³-hybridized carbons (Fsp3) is 0.500. The molecular weight excluding hydrogens is 308 g/mol. The van der Waals surface area contributed by atoms with Crippen molar-refractivity contribution in [3.8, 4) is 17.0 Å². The maximum atomic E-state index is 6.14. The first kappa shape index (κ1) is 19.5. The van der Waals surface area contributed by atoms with Crippen LogP contribution >= 0.6 is 0 Å². The second-order valence-electron chi connectivity index (χ2n) is 6.77. The number of aryl methyl sites for hydroxylation is 2. The Balaban J connectivity index is 2.38. The third-order valence-electron chi connectivity index (χ3n) is 4.29. The van der Waals surface area contributed by atoms with Gasteiger partial charge in [-0.15, -0.1) is 0 Å². The summed E-state index contributed by atoms with van der Waals surface area (Å²) in [4.78, 5) is 6.61. The zero-order valence-electron chi connectivity index (χ0n) is 16.1. The third-order valence-corrected chi connectivity index (χ3v) is 4.29. The van der Waals surface area contributed by atoms with Crippen molar-refractivity contribution < 1.29 is 4.74 Å². The molecule has 1 heterocycles. The first-order chi connectivity index (χ1) is 12.2. The van der Waals surface area contributed by atoms with E-state index < -0.39 is 0 Å². The van der Waals surface area contributed by atoms with Crippen LogP contribution in [0.25, 0.3) is 11.3 Å². The number of hydrogen-bond acceptors (Lipinski definition) is 3. The van der Waals surface area contributed by atoms with Crippen molar-refractivity contribution in [2.24, 2.45) is 0 Å². The Bertz CT molecular complexity index is 638. The molecule has 0 N–H and O–H groups in total. The maximum Gasteiger partial charge on any atom is 0.122 e. The maximum absolute atomic E-state index is 6.14. The van der Waals surface area contributed by atoms with Crippen LogP contribution in [-0.2, 0) is 12.8 Å². The topological polar surface area (TPSA) is 25.4 Å². The van der Waals surface area contributed by atoms with E-state index in [1.807, 2.05) is 12.1 Å². The Morgan fingerprint density at radius 2 is 1.92 bits per heavy atom. The summed E-state index contributed by atoms with van der Waals surface area (Å²) in [6.45, 7) is 6.08. The number of aromatic nitrogens is 1. The minimum atomic E-state index is 0.716. The lowest BCUT2D eigenvalue weighted by atomic mass is 9.94. The van der Waals surface area contributed by atoms with Crippen LogP contribution in [0.3, 0.4) is 0 Å². The zero-order valence-corrected chi connectivity index (χ0v) is 16.1. The lowest BCUT2D eigenvalue weighted by Gasteiger charge is -2.18. The molecule has 0 aliphatic carbocycles. The number of likely N-dealkylation sites (N-methyl/N-ethyl adjacent to an activating group) is 1. The molecule has 3 nitrogen and oxygen atoms in total. The molecule has 0 atom stereocenters. The molecule has 0 amide bonds. The fourth-order valence-corrected chi connectivity index (χ4v) is 2.89. The van der Waals surface area contributed by atoms with Crippen LogP contribution in [-0.4, -0.2) is 37.1 Å². The normalized spacial score (nSPS) is 11.1. The zero-order chi connectivity index (χ0) is 18.1. The predicted molar refractivity (Wildman–Crippen MR) is 105 cm³/mol. The number of ether oxygens (including phenoxy) is 1. The van der Waals surface area contributed by atoms with Gasteiger partial charge in [-0.2, -0.15) is 0 Å². The monoisotopic (exact) mass is 339 g/mol. The summed E-state index contributed by atoms with van der Waals surface area (Å²) >= 11 is 0. The SMILES string of the molecule is CCCCc1cc(OCCN(C)C)c(CCC)cc1-c1ccc[c]n1. The van der Waals surface area contributed by atoms with Gasteiger partial charge in [-0.1, -0.05) is 32.8 Å². The smallest absolute Gasteiger partial charge is 0.122 e. The number of hydrogen-bond donors (Lipinski definition) is 0. The van der Waals surface area contributed by atoms with Gasteiger partial charge in [-0.05, 0) is 68.8 Å². The third kappa shape index (κ3) is 5.86. The highest BCUT2D eigenvalue weighted by Gasteiger charge is 2.13. The molecule has 135 valence electrons. The van der Waals surface area contributed by atoms with E-state index in [4.69, 9.17) is 4.74 Å². The van der Waals surface area contributed by atoms with Crippen molar-refractivity contribution in [3.63, 3.8) is 0 Å². The van der Waals surface area contributed by atoms with E-state index in [0.717, 1.165) is 37.3 Å². The van der Waals surface area contributed by atoms with Gasteiger partial charge in [0.25, 0.3) is 0 Å². The molecule has 2 aromatic rings. The minimum absolute atomic E-state index is 0.716. The summed E-state index contributed by atoms with van der Waals surface area (Å²) in [6.07, 6.45) is 8.51. The second kappa shape index (κ2) is 10.2. The van der Waals surface area contributed by atoms with Gasteiger partial charge in [0.05, 0.1) is 11.9 Å². The Labute approximate surface area is 153 Å². The van der Waals surface area contributed by atoms with E-state index in [-0.39, 0.29) is 0 Å². The standard InChI is InChI=1S/C22H31N2O/c1-5-7-11-18-17-22(25-15-14-24(3)4)19(10-6-2)16-20(18)21-12-8-9-13-23-21/h8-9,12,16-17H,5-7,10-11,14-15H2,1-4H3. The molecular formula is C22H31N2O. The van der Waals surface area contributed by atoms with Crippen molar-refractivity contribution in [1.29, 1.82) is 0 Å². The van der Waals surface area contributed by atoms with E-state index in [2.05, 4.69) is 62.2 Å². The van der Waals surface area contributed by atoms with Gasteiger partial charge in [0, 0.05) is 12.1 Å². The highest BCUT2D eigenvalue weighted by atomic mass is 16.5. The van der Waals surface area contributed by atoms with Crippen LogP contribution in [0.2, 0.25) is 0 Å². The molecule has 0 saturated carbocycles. The molecule has 25 heavy (non-hydrogen) atoms. The molecule has 3 heteroatoms. The van der Waals surface area contributed by atoms with E-state index in [1.165, 1.54) is 29.5 Å². The molecule has 0 unspecified atom stereocenters. The van der Waals surface area contributed by atoms with Gasteiger partial charge < -0.3 is 9.64 Å². The molecule has 0 aliphatic heterocycles. The molecule has 0 spiro atoms.